The Morgan fingerprint density at radius 2 is 1.74 bits per heavy atom. The fraction of sp³-hybridized carbons (Fsp3) is 0.269. The van der Waals surface area contributed by atoms with Gasteiger partial charge in [0.15, 0.2) is 5.78 Å². The van der Waals surface area contributed by atoms with Crippen LogP contribution in [0.3, 0.4) is 0 Å². The summed E-state index contributed by atoms with van der Waals surface area (Å²) in [5.74, 6) is -1.12. The van der Waals surface area contributed by atoms with Gasteiger partial charge in [0, 0.05) is 41.9 Å². The number of benzene rings is 2. The van der Waals surface area contributed by atoms with Gasteiger partial charge in [0.2, 0.25) is 5.91 Å². The Balaban J connectivity index is 1.76. The molecular weight excluding hydrogens is 443 g/mol. The zero-order valence-corrected chi connectivity index (χ0v) is 19.4. The number of alkyl halides is 3. The summed E-state index contributed by atoms with van der Waals surface area (Å²) in [6.07, 6.45) is -3.42. The van der Waals surface area contributed by atoms with Crippen molar-refractivity contribution in [2.24, 2.45) is 0 Å². The SMILES string of the molecule is Cc1cc(-c2cccc(C(=O)CC(=O)Nc3ccc(N(C)C(C)C)c(C(F)(F)F)c3)c2)ccn1. The van der Waals surface area contributed by atoms with E-state index in [0.717, 1.165) is 22.9 Å². The number of rotatable bonds is 7. The van der Waals surface area contributed by atoms with E-state index < -0.39 is 29.9 Å². The van der Waals surface area contributed by atoms with E-state index in [-0.39, 0.29) is 17.4 Å². The molecule has 0 unspecified atom stereocenters. The third kappa shape index (κ3) is 6.01. The molecule has 0 bridgehead atoms. The van der Waals surface area contributed by atoms with Crippen LogP contribution < -0.4 is 10.2 Å². The molecule has 0 saturated carbocycles. The first-order valence-corrected chi connectivity index (χ1v) is 10.8. The number of aromatic nitrogens is 1. The molecule has 0 aliphatic rings. The van der Waals surface area contributed by atoms with E-state index in [2.05, 4.69) is 10.3 Å². The topological polar surface area (TPSA) is 62.3 Å². The van der Waals surface area contributed by atoms with E-state index in [1.54, 1.807) is 45.3 Å². The van der Waals surface area contributed by atoms with Gasteiger partial charge in [-0.2, -0.15) is 13.2 Å². The number of anilines is 2. The van der Waals surface area contributed by atoms with Crippen LogP contribution >= 0.6 is 0 Å². The van der Waals surface area contributed by atoms with Crippen LogP contribution in [-0.4, -0.2) is 29.8 Å². The number of Topliss-reactive ketones (excluding diaryl/α,β-unsaturated/α-hetero) is 1. The predicted octanol–water partition coefficient (Wildman–Crippen LogP) is 6.13. The van der Waals surface area contributed by atoms with E-state index in [1.807, 2.05) is 25.1 Å². The summed E-state index contributed by atoms with van der Waals surface area (Å²) in [6, 6.07) is 14.0. The molecule has 0 spiro atoms. The maximum absolute atomic E-state index is 13.6. The average Bonchev–Trinajstić information content (AvgIpc) is 2.78. The highest BCUT2D eigenvalue weighted by atomic mass is 19.4. The number of nitrogens with one attached hydrogen (secondary N) is 1. The van der Waals surface area contributed by atoms with Crippen LogP contribution in [0.1, 0.15) is 41.9 Å². The molecule has 34 heavy (non-hydrogen) atoms. The molecule has 3 rings (SSSR count). The van der Waals surface area contributed by atoms with E-state index in [9.17, 15) is 22.8 Å². The second-order valence-corrected chi connectivity index (χ2v) is 8.35. The van der Waals surface area contributed by atoms with Gasteiger partial charge in [0.05, 0.1) is 12.0 Å². The first kappa shape index (κ1) is 25.0. The quantitative estimate of drug-likeness (QED) is 0.334. The molecule has 0 atom stereocenters. The lowest BCUT2D eigenvalue weighted by molar-refractivity contribution is -0.137. The number of carbonyl (C=O) groups is 2. The second kappa shape index (κ2) is 10.1. The zero-order valence-electron chi connectivity index (χ0n) is 19.4. The fourth-order valence-corrected chi connectivity index (χ4v) is 3.48. The number of carbonyl (C=O) groups excluding carboxylic acids is 2. The first-order valence-electron chi connectivity index (χ1n) is 10.8. The Hall–Kier alpha value is -3.68. The summed E-state index contributed by atoms with van der Waals surface area (Å²) in [5.41, 5.74) is 2.00. The highest BCUT2D eigenvalue weighted by molar-refractivity contribution is 6.11. The molecule has 1 aromatic heterocycles. The van der Waals surface area contributed by atoms with Gasteiger partial charge in [-0.25, -0.2) is 0 Å². The summed E-state index contributed by atoms with van der Waals surface area (Å²) >= 11 is 0. The molecule has 0 radical (unpaired) electrons. The minimum Gasteiger partial charge on any atom is -0.372 e. The van der Waals surface area contributed by atoms with Crippen molar-refractivity contribution in [2.75, 3.05) is 17.3 Å². The van der Waals surface area contributed by atoms with Crippen LogP contribution in [0.2, 0.25) is 0 Å². The fourth-order valence-electron chi connectivity index (χ4n) is 3.48. The Kier molecular flexibility index (Phi) is 7.39. The molecule has 0 saturated heterocycles. The van der Waals surface area contributed by atoms with Crippen LogP contribution in [0.25, 0.3) is 11.1 Å². The van der Waals surface area contributed by atoms with Crippen LogP contribution in [0.15, 0.2) is 60.8 Å². The van der Waals surface area contributed by atoms with Gasteiger partial charge < -0.3 is 10.2 Å². The largest absolute Gasteiger partial charge is 0.418 e. The number of pyridine rings is 1. The second-order valence-electron chi connectivity index (χ2n) is 8.35. The predicted molar refractivity (Wildman–Crippen MR) is 127 cm³/mol. The van der Waals surface area contributed by atoms with E-state index in [1.165, 1.54) is 17.0 Å². The lowest BCUT2D eigenvalue weighted by Gasteiger charge is -2.27. The molecule has 1 N–H and O–H groups in total. The standard InChI is InChI=1S/C26H26F3N3O2/c1-16(2)32(4)23-9-8-21(14-22(23)26(27,28)29)31-25(34)15-24(33)20-7-5-6-18(13-20)19-10-11-30-17(3)12-19/h5-14,16H,15H2,1-4H3,(H,31,34). The van der Waals surface area contributed by atoms with Gasteiger partial charge in [-0.1, -0.05) is 18.2 Å². The Labute approximate surface area is 196 Å². The van der Waals surface area contributed by atoms with Crippen molar-refractivity contribution in [1.29, 1.82) is 0 Å². The number of halogens is 3. The number of aryl methyl sites for hydroxylation is 1. The van der Waals surface area contributed by atoms with Gasteiger partial charge in [-0.15, -0.1) is 0 Å². The number of ketones is 1. The van der Waals surface area contributed by atoms with Gasteiger partial charge in [-0.05, 0) is 68.3 Å². The van der Waals surface area contributed by atoms with Crippen LogP contribution in [-0.2, 0) is 11.0 Å². The van der Waals surface area contributed by atoms with Crippen LogP contribution in [0.5, 0.6) is 0 Å². The maximum Gasteiger partial charge on any atom is 0.418 e. The van der Waals surface area contributed by atoms with Gasteiger partial charge in [0.25, 0.3) is 0 Å². The normalized spacial score (nSPS) is 11.4. The lowest BCUT2D eigenvalue weighted by atomic mass is 10.0. The van der Waals surface area contributed by atoms with Gasteiger partial charge >= 0.3 is 6.18 Å². The molecule has 1 heterocycles. The van der Waals surface area contributed by atoms with Crippen molar-refractivity contribution in [1.82, 2.24) is 4.98 Å². The van der Waals surface area contributed by atoms with E-state index in [4.69, 9.17) is 0 Å². The maximum atomic E-state index is 13.6. The van der Waals surface area contributed by atoms with Crippen molar-refractivity contribution < 1.29 is 22.8 Å². The minimum atomic E-state index is -4.60. The third-order valence-electron chi connectivity index (χ3n) is 5.48. The molecule has 8 heteroatoms. The molecule has 178 valence electrons. The molecule has 3 aromatic rings. The minimum absolute atomic E-state index is 0.0136. The monoisotopic (exact) mass is 469 g/mol. The molecule has 1 amide bonds. The Bertz CT molecular complexity index is 1210. The average molecular weight is 470 g/mol. The van der Waals surface area contributed by atoms with E-state index >= 15 is 0 Å². The summed E-state index contributed by atoms with van der Waals surface area (Å²) in [4.78, 5) is 30.8. The first-order chi connectivity index (χ1) is 16.0. The molecule has 0 aliphatic heterocycles. The molecule has 0 fully saturated rings. The van der Waals surface area contributed by atoms with Gasteiger partial charge in [-0.3, -0.25) is 14.6 Å². The number of nitrogens with zero attached hydrogens (tertiary/aromatic N) is 2. The van der Waals surface area contributed by atoms with Crippen molar-refractivity contribution in [3.8, 4) is 11.1 Å². The summed E-state index contributed by atoms with van der Waals surface area (Å²) in [5, 5.41) is 2.42. The summed E-state index contributed by atoms with van der Waals surface area (Å²) in [6.45, 7) is 5.43. The molecule has 5 nitrogen and oxygen atoms in total. The Morgan fingerprint density at radius 1 is 1.03 bits per heavy atom. The molecule has 2 aromatic carbocycles. The van der Waals surface area contributed by atoms with Crippen molar-refractivity contribution in [3.05, 3.63) is 77.6 Å². The number of hydrogen-bond acceptors (Lipinski definition) is 4. The third-order valence-corrected chi connectivity index (χ3v) is 5.48. The van der Waals surface area contributed by atoms with Crippen LogP contribution in [0, 0.1) is 6.92 Å². The highest BCUT2D eigenvalue weighted by Crippen LogP contribution is 2.38. The zero-order chi connectivity index (χ0) is 25.0. The Morgan fingerprint density at radius 3 is 2.38 bits per heavy atom. The van der Waals surface area contributed by atoms with Gasteiger partial charge in [0.1, 0.15) is 0 Å². The molecule has 0 aliphatic carbocycles. The van der Waals surface area contributed by atoms with Crippen LogP contribution in [0.4, 0.5) is 24.5 Å². The van der Waals surface area contributed by atoms with Crippen molar-refractivity contribution in [2.45, 2.75) is 39.4 Å². The lowest BCUT2D eigenvalue weighted by Crippen LogP contribution is -2.28. The number of amides is 1. The molecular formula is C26H26F3N3O2. The highest BCUT2D eigenvalue weighted by Gasteiger charge is 2.35. The van der Waals surface area contributed by atoms with Crippen molar-refractivity contribution in [3.63, 3.8) is 0 Å². The van der Waals surface area contributed by atoms with Crippen molar-refractivity contribution >= 4 is 23.1 Å². The number of hydrogen-bond donors (Lipinski definition) is 1. The summed E-state index contributed by atoms with van der Waals surface area (Å²) < 4.78 is 40.9. The summed E-state index contributed by atoms with van der Waals surface area (Å²) in [7, 11) is 1.58. The smallest absolute Gasteiger partial charge is 0.372 e. The van der Waals surface area contributed by atoms with E-state index in [0.29, 0.717) is 5.56 Å².